The Balaban J connectivity index is 1.43. The first-order chi connectivity index (χ1) is 14.1. The molecule has 2 aliphatic heterocycles. The van der Waals surface area contributed by atoms with Crippen LogP contribution >= 0.6 is 11.6 Å². The second-order valence-corrected chi connectivity index (χ2v) is 7.66. The zero-order valence-corrected chi connectivity index (χ0v) is 16.8. The fourth-order valence-electron chi connectivity index (χ4n) is 3.49. The van der Waals surface area contributed by atoms with Crippen molar-refractivity contribution in [2.45, 2.75) is 32.2 Å². The second kappa shape index (κ2) is 8.74. The molecule has 2 aromatic carbocycles. The number of rotatable bonds is 4. The monoisotopic (exact) mass is 414 g/mol. The molecule has 29 heavy (non-hydrogen) atoms. The quantitative estimate of drug-likeness (QED) is 0.811. The number of piperidine rings is 1. The zero-order chi connectivity index (χ0) is 20.2. The first-order valence-electron chi connectivity index (χ1n) is 9.87. The number of amides is 2. The SMILES string of the molecule is O=C(Nc1cc2c(cc1Cl)OCCCO2)c1ccc(CN2CCCCC2=O)cc1. The van der Waals surface area contributed by atoms with Crippen molar-refractivity contribution < 1.29 is 19.1 Å². The van der Waals surface area contributed by atoms with Crippen molar-refractivity contribution in [1.29, 1.82) is 0 Å². The van der Waals surface area contributed by atoms with Crippen LogP contribution < -0.4 is 14.8 Å². The summed E-state index contributed by atoms with van der Waals surface area (Å²) in [5.74, 6) is 1.09. The summed E-state index contributed by atoms with van der Waals surface area (Å²) in [5, 5.41) is 3.23. The molecule has 0 bridgehead atoms. The molecule has 0 saturated carbocycles. The number of carbonyl (C=O) groups is 2. The number of ether oxygens (including phenoxy) is 2. The Hall–Kier alpha value is -2.73. The number of likely N-dealkylation sites (tertiary alicyclic amines) is 1. The van der Waals surface area contributed by atoms with Crippen LogP contribution in [0, 0.1) is 0 Å². The highest BCUT2D eigenvalue weighted by Gasteiger charge is 2.19. The molecule has 7 heteroatoms. The largest absolute Gasteiger partial charge is 0.490 e. The van der Waals surface area contributed by atoms with Crippen molar-refractivity contribution in [2.75, 3.05) is 25.1 Å². The number of anilines is 1. The number of halogens is 1. The average molecular weight is 415 g/mol. The van der Waals surface area contributed by atoms with E-state index in [9.17, 15) is 9.59 Å². The van der Waals surface area contributed by atoms with Crippen LogP contribution in [0.4, 0.5) is 5.69 Å². The topological polar surface area (TPSA) is 67.9 Å². The summed E-state index contributed by atoms with van der Waals surface area (Å²) >= 11 is 6.31. The van der Waals surface area contributed by atoms with E-state index in [0.717, 1.165) is 31.4 Å². The van der Waals surface area contributed by atoms with Crippen molar-refractivity contribution in [3.05, 3.63) is 52.5 Å². The molecule has 0 unspecified atom stereocenters. The van der Waals surface area contributed by atoms with Crippen molar-refractivity contribution in [3.63, 3.8) is 0 Å². The Morgan fingerprint density at radius 2 is 1.76 bits per heavy atom. The third-order valence-electron chi connectivity index (χ3n) is 5.10. The van der Waals surface area contributed by atoms with E-state index in [4.69, 9.17) is 21.1 Å². The van der Waals surface area contributed by atoms with Gasteiger partial charge in [0.25, 0.3) is 5.91 Å². The van der Waals surface area contributed by atoms with Crippen molar-refractivity contribution in [2.24, 2.45) is 0 Å². The molecule has 0 spiro atoms. The van der Waals surface area contributed by atoms with Crippen LogP contribution in [0.1, 0.15) is 41.6 Å². The minimum absolute atomic E-state index is 0.196. The lowest BCUT2D eigenvalue weighted by molar-refractivity contribution is -0.133. The fourth-order valence-corrected chi connectivity index (χ4v) is 3.69. The highest BCUT2D eigenvalue weighted by Crippen LogP contribution is 2.37. The van der Waals surface area contributed by atoms with Crippen LogP contribution in [0.25, 0.3) is 0 Å². The number of benzene rings is 2. The van der Waals surface area contributed by atoms with Gasteiger partial charge in [-0.25, -0.2) is 0 Å². The van der Waals surface area contributed by atoms with Crippen LogP contribution in [0.3, 0.4) is 0 Å². The molecule has 1 fully saturated rings. The Kier molecular flexibility index (Phi) is 5.90. The van der Waals surface area contributed by atoms with E-state index in [2.05, 4.69) is 5.32 Å². The molecule has 0 radical (unpaired) electrons. The standard InChI is InChI=1S/C22H23ClN2O4/c23-17-12-19-20(29-11-3-10-28-19)13-18(17)24-22(27)16-7-5-15(6-8-16)14-25-9-2-1-4-21(25)26/h5-8,12-13H,1-4,9-11,14H2,(H,24,27). The van der Waals surface area contributed by atoms with Crippen LogP contribution in [0.5, 0.6) is 11.5 Å². The Labute approximate surface area is 174 Å². The molecule has 0 aromatic heterocycles. The highest BCUT2D eigenvalue weighted by atomic mass is 35.5. The van der Waals surface area contributed by atoms with Crippen LogP contribution in [0.15, 0.2) is 36.4 Å². The number of fused-ring (bicyclic) bond motifs is 1. The van der Waals surface area contributed by atoms with Gasteiger partial charge in [0, 0.05) is 43.6 Å². The number of carbonyl (C=O) groups excluding carboxylic acids is 2. The normalized spacial score (nSPS) is 16.3. The van der Waals surface area contributed by atoms with E-state index in [1.54, 1.807) is 24.3 Å². The lowest BCUT2D eigenvalue weighted by Gasteiger charge is -2.26. The summed E-state index contributed by atoms with van der Waals surface area (Å²) in [5.41, 5.74) is 2.00. The third kappa shape index (κ3) is 4.65. The van der Waals surface area contributed by atoms with Gasteiger partial charge >= 0.3 is 0 Å². The number of nitrogens with one attached hydrogen (secondary N) is 1. The van der Waals surface area contributed by atoms with Gasteiger partial charge in [-0.2, -0.15) is 0 Å². The summed E-state index contributed by atoms with van der Waals surface area (Å²) in [7, 11) is 0. The molecule has 0 atom stereocenters. The van der Waals surface area contributed by atoms with Gasteiger partial charge in [0.1, 0.15) is 0 Å². The summed E-state index contributed by atoms with van der Waals surface area (Å²) in [4.78, 5) is 26.5. The van der Waals surface area contributed by atoms with Gasteiger partial charge < -0.3 is 19.7 Å². The third-order valence-corrected chi connectivity index (χ3v) is 5.41. The molecular formula is C22H23ClN2O4. The average Bonchev–Trinajstić information content (AvgIpc) is 2.95. The van der Waals surface area contributed by atoms with Gasteiger partial charge in [-0.05, 0) is 30.5 Å². The van der Waals surface area contributed by atoms with Crippen LogP contribution in [-0.2, 0) is 11.3 Å². The van der Waals surface area contributed by atoms with E-state index in [1.165, 1.54) is 0 Å². The molecule has 1 saturated heterocycles. The van der Waals surface area contributed by atoms with Gasteiger partial charge in [-0.1, -0.05) is 23.7 Å². The summed E-state index contributed by atoms with van der Waals surface area (Å²) in [6.07, 6.45) is 3.43. The molecule has 2 amide bonds. The maximum Gasteiger partial charge on any atom is 0.255 e. The number of hydrogen-bond acceptors (Lipinski definition) is 4. The smallest absolute Gasteiger partial charge is 0.255 e. The molecule has 6 nitrogen and oxygen atoms in total. The van der Waals surface area contributed by atoms with E-state index in [0.29, 0.717) is 54.0 Å². The molecule has 2 aromatic rings. The maximum atomic E-state index is 12.6. The molecule has 4 rings (SSSR count). The van der Waals surface area contributed by atoms with E-state index < -0.39 is 0 Å². The van der Waals surface area contributed by atoms with Gasteiger partial charge in [-0.3, -0.25) is 9.59 Å². The fraction of sp³-hybridized carbons (Fsp3) is 0.364. The van der Waals surface area contributed by atoms with Gasteiger partial charge in [0.05, 0.1) is 23.9 Å². The maximum absolute atomic E-state index is 12.6. The predicted molar refractivity (Wildman–Crippen MR) is 111 cm³/mol. The van der Waals surface area contributed by atoms with E-state index in [-0.39, 0.29) is 11.8 Å². The Morgan fingerprint density at radius 1 is 1.03 bits per heavy atom. The van der Waals surface area contributed by atoms with Crippen LogP contribution in [-0.4, -0.2) is 36.5 Å². The van der Waals surface area contributed by atoms with E-state index >= 15 is 0 Å². The van der Waals surface area contributed by atoms with Crippen molar-refractivity contribution in [1.82, 2.24) is 4.90 Å². The minimum atomic E-state index is -0.262. The molecule has 2 aliphatic rings. The Bertz CT molecular complexity index is 914. The number of nitrogens with zero attached hydrogens (tertiary/aromatic N) is 1. The first kappa shape index (κ1) is 19.6. The van der Waals surface area contributed by atoms with Crippen molar-refractivity contribution >= 4 is 29.1 Å². The Morgan fingerprint density at radius 3 is 2.48 bits per heavy atom. The van der Waals surface area contributed by atoms with E-state index in [1.807, 2.05) is 17.0 Å². The predicted octanol–water partition coefficient (Wildman–Crippen LogP) is 4.27. The number of hydrogen-bond donors (Lipinski definition) is 1. The molecule has 152 valence electrons. The van der Waals surface area contributed by atoms with Gasteiger partial charge in [-0.15, -0.1) is 0 Å². The minimum Gasteiger partial charge on any atom is -0.490 e. The summed E-state index contributed by atoms with van der Waals surface area (Å²) in [6, 6.07) is 10.6. The van der Waals surface area contributed by atoms with Gasteiger partial charge in [0.15, 0.2) is 11.5 Å². The molecule has 1 N–H and O–H groups in total. The summed E-state index contributed by atoms with van der Waals surface area (Å²) < 4.78 is 11.3. The van der Waals surface area contributed by atoms with Crippen molar-refractivity contribution in [3.8, 4) is 11.5 Å². The molecular weight excluding hydrogens is 392 g/mol. The highest BCUT2D eigenvalue weighted by molar-refractivity contribution is 6.34. The second-order valence-electron chi connectivity index (χ2n) is 7.25. The lowest BCUT2D eigenvalue weighted by Crippen LogP contribution is -2.34. The zero-order valence-electron chi connectivity index (χ0n) is 16.1. The first-order valence-corrected chi connectivity index (χ1v) is 10.3. The lowest BCUT2D eigenvalue weighted by atomic mass is 10.1. The summed E-state index contributed by atoms with van der Waals surface area (Å²) in [6.45, 7) is 2.51. The van der Waals surface area contributed by atoms with Gasteiger partial charge in [0.2, 0.25) is 5.91 Å². The van der Waals surface area contributed by atoms with Crippen LogP contribution in [0.2, 0.25) is 5.02 Å². The molecule has 0 aliphatic carbocycles. The molecule has 2 heterocycles.